The van der Waals surface area contributed by atoms with Crippen LogP contribution < -0.4 is 5.73 Å². The number of nitrogens with zero attached hydrogens (tertiary/aromatic N) is 3. The van der Waals surface area contributed by atoms with E-state index in [0.29, 0.717) is 5.84 Å². The lowest BCUT2D eigenvalue weighted by Crippen LogP contribution is -2.15. The zero-order valence-corrected chi connectivity index (χ0v) is 7.31. The largest absolute Gasteiger partial charge is 0.383 e. The Balaban J connectivity index is 2.53. The molecule has 1 unspecified atom stereocenters. The summed E-state index contributed by atoms with van der Waals surface area (Å²) in [6, 6.07) is -0.0139. The van der Waals surface area contributed by atoms with Gasteiger partial charge in [0, 0.05) is 6.20 Å². The van der Waals surface area contributed by atoms with Crippen molar-refractivity contribution in [3.8, 4) is 0 Å². The summed E-state index contributed by atoms with van der Waals surface area (Å²) < 4.78 is 0. The summed E-state index contributed by atoms with van der Waals surface area (Å²) in [7, 11) is 0. The van der Waals surface area contributed by atoms with Crippen LogP contribution in [0.25, 0.3) is 0 Å². The number of fused-ring (bicyclic) bond motifs is 1. The Morgan fingerprint density at radius 2 is 2.23 bits per heavy atom. The molecule has 0 aromatic rings. The Hall–Kier alpha value is -1.71. The average molecular weight is 174 g/mol. The van der Waals surface area contributed by atoms with Crippen molar-refractivity contribution < 1.29 is 0 Å². The van der Waals surface area contributed by atoms with E-state index in [1.807, 2.05) is 13.0 Å². The van der Waals surface area contributed by atoms with Gasteiger partial charge in [-0.25, -0.2) is 0 Å². The van der Waals surface area contributed by atoms with Gasteiger partial charge in [0.1, 0.15) is 5.84 Å². The number of aliphatic imine (C=N–C) groups is 3. The first-order valence-electron chi connectivity index (χ1n) is 4.05. The fraction of sp³-hybridized carbons (Fsp3) is 0.222. The molecule has 13 heavy (non-hydrogen) atoms. The van der Waals surface area contributed by atoms with Gasteiger partial charge in [-0.15, -0.1) is 0 Å². The minimum Gasteiger partial charge on any atom is -0.383 e. The molecule has 0 amide bonds. The second kappa shape index (κ2) is 2.97. The lowest BCUT2D eigenvalue weighted by Gasteiger charge is -2.06. The van der Waals surface area contributed by atoms with Crippen LogP contribution in [-0.4, -0.2) is 24.3 Å². The zero-order chi connectivity index (χ0) is 9.26. The minimum atomic E-state index is -0.0139. The van der Waals surface area contributed by atoms with E-state index in [2.05, 4.69) is 15.0 Å². The Bertz CT molecular complexity index is 371. The summed E-state index contributed by atoms with van der Waals surface area (Å²) in [4.78, 5) is 12.5. The van der Waals surface area contributed by atoms with E-state index in [1.54, 1.807) is 18.6 Å². The van der Waals surface area contributed by atoms with Gasteiger partial charge in [0.2, 0.25) is 0 Å². The third-order valence-corrected chi connectivity index (χ3v) is 2.02. The zero-order valence-electron chi connectivity index (χ0n) is 7.31. The van der Waals surface area contributed by atoms with E-state index in [9.17, 15) is 0 Å². The van der Waals surface area contributed by atoms with Crippen molar-refractivity contribution in [1.29, 1.82) is 0 Å². The smallest absolute Gasteiger partial charge is 0.137 e. The normalized spacial score (nSPS) is 25.6. The van der Waals surface area contributed by atoms with Crippen molar-refractivity contribution in [3.05, 3.63) is 23.5 Å². The molecule has 2 aliphatic rings. The maximum atomic E-state index is 5.60. The summed E-state index contributed by atoms with van der Waals surface area (Å²) in [5.74, 6) is 0.458. The standard InChI is InChI=1S/C9H10N4/c1-6-7-2-3-11-4-8(6)12-5-9(10)13-7/h2-5,7H,1H3,(H2,10,13). The summed E-state index contributed by atoms with van der Waals surface area (Å²) in [5.41, 5.74) is 7.52. The first kappa shape index (κ1) is 7.91. The molecule has 0 aliphatic carbocycles. The number of rotatable bonds is 0. The first-order valence-corrected chi connectivity index (χ1v) is 4.05. The second-order valence-corrected chi connectivity index (χ2v) is 2.94. The summed E-state index contributed by atoms with van der Waals surface area (Å²) in [6.45, 7) is 1.99. The maximum absolute atomic E-state index is 5.60. The van der Waals surface area contributed by atoms with Gasteiger partial charge in [0.05, 0.1) is 24.2 Å². The van der Waals surface area contributed by atoms with Crippen LogP contribution in [0.3, 0.4) is 0 Å². The fourth-order valence-corrected chi connectivity index (χ4v) is 1.25. The average Bonchev–Trinajstić information content (AvgIpc) is 2.35. The fourth-order valence-electron chi connectivity index (χ4n) is 1.25. The third kappa shape index (κ3) is 1.42. The molecule has 0 saturated heterocycles. The first-order chi connectivity index (χ1) is 6.27. The number of amidine groups is 1. The molecule has 2 N–H and O–H groups in total. The van der Waals surface area contributed by atoms with Crippen molar-refractivity contribution >= 4 is 18.3 Å². The van der Waals surface area contributed by atoms with Crippen LogP contribution >= 0.6 is 0 Å². The Morgan fingerprint density at radius 3 is 3.08 bits per heavy atom. The van der Waals surface area contributed by atoms with Gasteiger partial charge < -0.3 is 5.73 Å². The highest BCUT2D eigenvalue weighted by molar-refractivity contribution is 6.29. The number of hydrogen-bond acceptors (Lipinski definition) is 4. The molecule has 0 aromatic heterocycles. The molecule has 0 aromatic carbocycles. The monoisotopic (exact) mass is 174 g/mol. The van der Waals surface area contributed by atoms with Gasteiger partial charge in [-0.3, -0.25) is 15.0 Å². The van der Waals surface area contributed by atoms with E-state index in [0.717, 1.165) is 11.3 Å². The molecule has 0 spiro atoms. The van der Waals surface area contributed by atoms with Gasteiger partial charge in [-0.05, 0) is 18.6 Å². The lowest BCUT2D eigenvalue weighted by atomic mass is 10.1. The Morgan fingerprint density at radius 1 is 1.38 bits per heavy atom. The van der Waals surface area contributed by atoms with E-state index in [-0.39, 0.29) is 6.04 Å². The van der Waals surface area contributed by atoms with Crippen LogP contribution in [0, 0.1) is 0 Å². The van der Waals surface area contributed by atoms with Crippen LogP contribution in [0.1, 0.15) is 6.92 Å². The molecule has 0 radical (unpaired) electrons. The van der Waals surface area contributed by atoms with Crippen molar-refractivity contribution in [2.45, 2.75) is 13.0 Å². The van der Waals surface area contributed by atoms with Gasteiger partial charge in [0.25, 0.3) is 0 Å². The highest BCUT2D eigenvalue weighted by Gasteiger charge is 2.14. The highest BCUT2D eigenvalue weighted by atomic mass is 14.9. The maximum Gasteiger partial charge on any atom is 0.137 e. The van der Waals surface area contributed by atoms with E-state index < -0.39 is 0 Å². The third-order valence-electron chi connectivity index (χ3n) is 2.02. The molecule has 1 atom stereocenters. The second-order valence-electron chi connectivity index (χ2n) is 2.94. The molecule has 0 saturated carbocycles. The topological polar surface area (TPSA) is 63.1 Å². The molecular weight excluding hydrogens is 164 g/mol. The number of hydrogen-bond donors (Lipinski definition) is 1. The molecule has 4 heteroatoms. The Labute approximate surface area is 76.3 Å². The van der Waals surface area contributed by atoms with E-state index in [1.165, 1.54) is 0 Å². The predicted molar refractivity (Wildman–Crippen MR) is 54.2 cm³/mol. The molecule has 0 fully saturated rings. The molecule has 2 rings (SSSR count). The van der Waals surface area contributed by atoms with Crippen molar-refractivity contribution in [1.82, 2.24) is 0 Å². The molecular formula is C9H10N4. The Kier molecular flexibility index (Phi) is 1.81. The molecule has 4 nitrogen and oxygen atoms in total. The van der Waals surface area contributed by atoms with Gasteiger partial charge >= 0.3 is 0 Å². The van der Waals surface area contributed by atoms with Crippen LogP contribution in [-0.2, 0) is 0 Å². The van der Waals surface area contributed by atoms with Crippen molar-refractivity contribution in [2.75, 3.05) is 0 Å². The van der Waals surface area contributed by atoms with Crippen molar-refractivity contribution in [2.24, 2.45) is 20.7 Å². The summed E-state index contributed by atoms with van der Waals surface area (Å²) >= 11 is 0. The van der Waals surface area contributed by atoms with Crippen molar-refractivity contribution in [3.63, 3.8) is 0 Å². The van der Waals surface area contributed by atoms with E-state index in [4.69, 9.17) is 5.73 Å². The van der Waals surface area contributed by atoms with Gasteiger partial charge in [-0.1, -0.05) is 0 Å². The molecule has 2 aliphatic heterocycles. The summed E-state index contributed by atoms with van der Waals surface area (Å²) in [6.07, 6.45) is 6.90. The van der Waals surface area contributed by atoms with Crippen LogP contribution in [0.2, 0.25) is 0 Å². The highest BCUT2D eigenvalue weighted by Crippen LogP contribution is 2.17. The predicted octanol–water partition coefficient (Wildman–Crippen LogP) is 0.669. The van der Waals surface area contributed by atoms with E-state index >= 15 is 0 Å². The minimum absolute atomic E-state index is 0.0139. The van der Waals surface area contributed by atoms with Crippen LogP contribution in [0.15, 0.2) is 38.5 Å². The summed E-state index contributed by atoms with van der Waals surface area (Å²) in [5, 5.41) is 0. The number of nitrogens with two attached hydrogens (primary N) is 1. The SMILES string of the molecule is CC1=C2C=NC=CC1N=C(N)C=N2. The molecule has 2 heterocycles. The molecule has 2 bridgehead atoms. The quantitative estimate of drug-likeness (QED) is 0.576. The van der Waals surface area contributed by atoms with Gasteiger partial charge in [-0.2, -0.15) is 0 Å². The number of allylic oxidation sites excluding steroid dienone is 1. The molecule has 66 valence electrons. The lowest BCUT2D eigenvalue weighted by molar-refractivity contribution is 0.943. The van der Waals surface area contributed by atoms with Gasteiger partial charge in [0.15, 0.2) is 0 Å². The van der Waals surface area contributed by atoms with Crippen LogP contribution in [0.5, 0.6) is 0 Å². The van der Waals surface area contributed by atoms with Crippen LogP contribution in [0.4, 0.5) is 0 Å².